The van der Waals surface area contributed by atoms with Crippen molar-refractivity contribution in [2.75, 3.05) is 10.6 Å². The summed E-state index contributed by atoms with van der Waals surface area (Å²) in [4.78, 5) is 34.8. The van der Waals surface area contributed by atoms with Crippen molar-refractivity contribution in [1.82, 2.24) is 0 Å². The van der Waals surface area contributed by atoms with Crippen molar-refractivity contribution in [3.8, 4) is 11.5 Å². The second-order valence-electron chi connectivity index (χ2n) is 8.54. The number of azo groups is 2. The number of aryl methyl sites for hydroxylation is 1. The molecule has 13 nitrogen and oxygen atoms in total. The lowest BCUT2D eigenvalue weighted by Crippen LogP contribution is -2.19. The average molecular weight is 555 g/mol. The van der Waals surface area contributed by atoms with E-state index in [0.717, 1.165) is 0 Å². The van der Waals surface area contributed by atoms with Gasteiger partial charge in [0.1, 0.15) is 22.6 Å². The predicted molar refractivity (Wildman–Crippen MR) is 149 cm³/mol. The van der Waals surface area contributed by atoms with Gasteiger partial charge in [-0.2, -0.15) is 20.5 Å². The first-order valence-electron chi connectivity index (χ1n) is 11.8. The standard InChI is InChI=1S/C28H22N6O7/c1-15-12-21(14-23(25(15)36)27(39)40)34-32-19-8-4-17(5-9-19)30-28(41)29-16-2-6-18(7-3-16)31-33-20-10-11-24(35)22(13-20)26(37)38/h2-14,35-36H,1H3,(H,37,38)(H,39,40)(H2,29,30,41). The molecule has 41 heavy (non-hydrogen) atoms. The molecule has 0 saturated carbocycles. The number of hydrogen-bond acceptors (Lipinski definition) is 9. The van der Waals surface area contributed by atoms with Crippen LogP contribution in [0, 0.1) is 6.92 Å². The van der Waals surface area contributed by atoms with Gasteiger partial charge in [-0.15, -0.1) is 0 Å². The van der Waals surface area contributed by atoms with Gasteiger partial charge >= 0.3 is 18.0 Å². The number of phenols is 2. The van der Waals surface area contributed by atoms with Crippen LogP contribution in [0.15, 0.2) is 99.3 Å². The number of carbonyl (C=O) groups excluding carboxylic acids is 1. The van der Waals surface area contributed by atoms with E-state index in [-0.39, 0.29) is 34.0 Å². The SMILES string of the molecule is Cc1cc(N=Nc2ccc(NC(=O)Nc3ccc(N=Nc4ccc(O)c(C(=O)O)c4)cc3)cc2)cc(C(=O)O)c1O. The number of carboxylic acid groups (broad SMARTS) is 2. The predicted octanol–water partition coefficient (Wildman–Crippen LogP) is 7.28. The molecule has 0 heterocycles. The Morgan fingerprint density at radius 2 is 1.02 bits per heavy atom. The highest BCUT2D eigenvalue weighted by Crippen LogP contribution is 2.30. The van der Waals surface area contributed by atoms with E-state index < -0.39 is 18.0 Å². The van der Waals surface area contributed by atoms with Crippen molar-refractivity contribution in [3.63, 3.8) is 0 Å². The van der Waals surface area contributed by atoms with Gasteiger partial charge in [0, 0.05) is 11.4 Å². The maximum atomic E-state index is 12.4. The quantitative estimate of drug-likeness (QED) is 0.123. The van der Waals surface area contributed by atoms with Gasteiger partial charge in [0.15, 0.2) is 0 Å². The molecule has 0 atom stereocenters. The third-order valence-electron chi connectivity index (χ3n) is 5.54. The monoisotopic (exact) mass is 554 g/mol. The molecule has 13 heteroatoms. The zero-order valence-corrected chi connectivity index (χ0v) is 21.3. The number of carboxylic acids is 2. The number of hydrogen-bond donors (Lipinski definition) is 6. The largest absolute Gasteiger partial charge is 0.507 e. The van der Waals surface area contributed by atoms with E-state index in [0.29, 0.717) is 28.3 Å². The normalized spacial score (nSPS) is 11.0. The van der Waals surface area contributed by atoms with Crippen LogP contribution in [0.1, 0.15) is 26.3 Å². The lowest BCUT2D eigenvalue weighted by atomic mass is 10.1. The van der Waals surface area contributed by atoms with Gasteiger partial charge in [-0.25, -0.2) is 14.4 Å². The molecule has 0 aliphatic rings. The molecule has 0 fully saturated rings. The zero-order chi connectivity index (χ0) is 29.5. The molecule has 6 N–H and O–H groups in total. The molecule has 0 spiro atoms. The highest BCUT2D eigenvalue weighted by atomic mass is 16.4. The molecule has 0 radical (unpaired) electrons. The summed E-state index contributed by atoms with van der Waals surface area (Å²) in [6.45, 7) is 1.56. The molecule has 0 unspecified atom stereocenters. The number of nitrogens with one attached hydrogen (secondary N) is 2. The number of carbonyl (C=O) groups is 3. The minimum absolute atomic E-state index is 0.247. The third kappa shape index (κ3) is 7.26. The van der Waals surface area contributed by atoms with Gasteiger partial charge in [-0.05, 0) is 91.3 Å². The van der Waals surface area contributed by atoms with Crippen LogP contribution in [0.5, 0.6) is 11.5 Å². The van der Waals surface area contributed by atoms with Crippen molar-refractivity contribution in [2.45, 2.75) is 6.92 Å². The molecule has 0 aromatic heterocycles. The number of benzene rings is 4. The van der Waals surface area contributed by atoms with Crippen molar-refractivity contribution >= 4 is 52.1 Å². The van der Waals surface area contributed by atoms with E-state index >= 15 is 0 Å². The molecule has 206 valence electrons. The smallest absolute Gasteiger partial charge is 0.339 e. The summed E-state index contributed by atoms with van der Waals surface area (Å²) in [6, 6.07) is 18.9. The fourth-order valence-electron chi connectivity index (χ4n) is 3.49. The van der Waals surface area contributed by atoms with E-state index in [1.54, 1.807) is 55.5 Å². The van der Waals surface area contributed by atoms with Crippen molar-refractivity contribution < 1.29 is 34.8 Å². The molecule has 4 rings (SSSR count). The Hall–Kier alpha value is -6.11. The van der Waals surface area contributed by atoms with Crippen LogP contribution >= 0.6 is 0 Å². The van der Waals surface area contributed by atoms with E-state index in [4.69, 9.17) is 5.11 Å². The Kier molecular flexibility index (Phi) is 8.28. The van der Waals surface area contributed by atoms with Gasteiger partial charge in [-0.1, -0.05) is 0 Å². The summed E-state index contributed by atoms with van der Waals surface area (Å²) in [5, 5.41) is 59.1. The van der Waals surface area contributed by atoms with Crippen LogP contribution in [0.4, 0.5) is 38.9 Å². The summed E-state index contributed by atoms with van der Waals surface area (Å²) < 4.78 is 0. The zero-order valence-electron chi connectivity index (χ0n) is 21.3. The number of anilines is 2. The fraction of sp³-hybridized carbons (Fsp3) is 0.0357. The number of rotatable bonds is 8. The maximum absolute atomic E-state index is 12.4. The number of urea groups is 1. The van der Waals surface area contributed by atoms with E-state index in [2.05, 4.69) is 31.1 Å². The third-order valence-corrected chi connectivity index (χ3v) is 5.54. The Morgan fingerprint density at radius 3 is 1.54 bits per heavy atom. The number of amides is 2. The molecular formula is C28H22N6O7. The molecular weight excluding hydrogens is 532 g/mol. The van der Waals surface area contributed by atoms with Crippen LogP contribution in [-0.2, 0) is 0 Å². The van der Waals surface area contributed by atoms with Gasteiger partial charge in [0.25, 0.3) is 0 Å². The number of aromatic hydroxyl groups is 2. The second-order valence-corrected chi connectivity index (χ2v) is 8.54. The Morgan fingerprint density at radius 1 is 0.585 bits per heavy atom. The summed E-state index contributed by atoms with van der Waals surface area (Å²) in [7, 11) is 0. The topological polar surface area (TPSA) is 206 Å². The van der Waals surface area contributed by atoms with E-state index in [1.807, 2.05) is 0 Å². The minimum atomic E-state index is -1.28. The molecule has 2 amide bonds. The first kappa shape index (κ1) is 27.9. The van der Waals surface area contributed by atoms with E-state index in [1.165, 1.54) is 30.3 Å². The molecule has 4 aromatic carbocycles. The molecule has 0 aliphatic carbocycles. The molecule has 0 aliphatic heterocycles. The summed E-state index contributed by atoms with van der Waals surface area (Å²) >= 11 is 0. The Labute approximate surface area is 232 Å². The summed E-state index contributed by atoms with van der Waals surface area (Å²) in [5.41, 5.74) is 2.18. The second kappa shape index (κ2) is 12.2. The number of nitrogens with zero attached hydrogens (tertiary/aromatic N) is 4. The summed E-state index contributed by atoms with van der Waals surface area (Å²) in [6.07, 6.45) is 0. The van der Waals surface area contributed by atoms with Gasteiger partial charge < -0.3 is 31.1 Å². The highest BCUT2D eigenvalue weighted by Gasteiger charge is 2.13. The summed E-state index contributed by atoms with van der Waals surface area (Å²) in [5.74, 6) is -3.26. The van der Waals surface area contributed by atoms with Crippen molar-refractivity contribution in [2.24, 2.45) is 20.5 Å². The maximum Gasteiger partial charge on any atom is 0.339 e. The number of aromatic carboxylic acids is 2. The minimum Gasteiger partial charge on any atom is -0.507 e. The Balaban J connectivity index is 1.33. The van der Waals surface area contributed by atoms with Crippen molar-refractivity contribution in [1.29, 1.82) is 0 Å². The van der Waals surface area contributed by atoms with Gasteiger partial charge in [0.2, 0.25) is 0 Å². The van der Waals surface area contributed by atoms with Crippen LogP contribution in [-0.4, -0.2) is 38.4 Å². The average Bonchev–Trinajstić information content (AvgIpc) is 2.94. The fourth-order valence-corrected chi connectivity index (χ4v) is 3.49. The first-order chi connectivity index (χ1) is 19.6. The van der Waals surface area contributed by atoms with Gasteiger partial charge in [-0.3, -0.25) is 0 Å². The van der Waals surface area contributed by atoms with Crippen LogP contribution < -0.4 is 10.6 Å². The first-order valence-corrected chi connectivity index (χ1v) is 11.8. The lowest BCUT2D eigenvalue weighted by Gasteiger charge is -2.08. The highest BCUT2D eigenvalue weighted by molar-refractivity contribution is 6.00. The van der Waals surface area contributed by atoms with E-state index in [9.17, 15) is 29.7 Å². The molecule has 0 saturated heterocycles. The Bertz CT molecular complexity index is 1680. The van der Waals surface area contributed by atoms with Crippen LogP contribution in [0.3, 0.4) is 0 Å². The van der Waals surface area contributed by atoms with Crippen molar-refractivity contribution in [3.05, 3.63) is 95.6 Å². The molecule has 4 aromatic rings. The molecule has 0 bridgehead atoms. The van der Waals surface area contributed by atoms with Crippen LogP contribution in [0.25, 0.3) is 0 Å². The van der Waals surface area contributed by atoms with Gasteiger partial charge in [0.05, 0.1) is 22.7 Å². The van der Waals surface area contributed by atoms with Crippen LogP contribution in [0.2, 0.25) is 0 Å². The lowest BCUT2D eigenvalue weighted by molar-refractivity contribution is 0.0682.